The van der Waals surface area contributed by atoms with Crippen LogP contribution >= 0.6 is 11.3 Å². The molecule has 3 N–H and O–H groups in total. The molecule has 2 aromatic rings. The molecule has 0 aromatic carbocycles. The molecule has 112 valence electrons. The van der Waals surface area contributed by atoms with Crippen molar-refractivity contribution >= 4 is 17.2 Å². The van der Waals surface area contributed by atoms with Crippen molar-refractivity contribution in [1.29, 1.82) is 0 Å². The average molecular weight is 306 g/mol. The molecule has 1 aliphatic rings. The molecule has 0 saturated carbocycles. The van der Waals surface area contributed by atoms with Gasteiger partial charge in [-0.05, 0) is 19.1 Å². The number of thiophene rings is 1. The molecule has 1 aliphatic heterocycles. The first kappa shape index (κ1) is 14.2. The number of likely N-dealkylation sites (tertiary alicyclic amines) is 1. The number of nitrogens with zero attached hydrogens (tertiary/aromatic N) is 2. The Morgan fingerprint density at radius 2 is 2.43 bits per heavy atom. The maximum Gasteiger partial charge on any atom is 0.269 e. The van der Waals surface area contributed by atoms with Crippen LogP contribution in [0, 0.1) is 6.92 Å². The number of amides is 1. The number of imidazole rings is 1. The molecule has 3 rings (SSSR count). The van der Waals surface area contributed by atoms with Gasteiger partial charge in [-0.2, -0.15) is 0 Å². The number of rotatable bonds is 4. The standard InChI is InChI=1S/C14H18N4O2S/c1-9-2-3-10(21-9)5-18-6-12(13(19)7-18)17-14(20)11-4-15-8-16-11/h2-4,8,12-13,19H,5-7H2,1H3,(H,15,16)(H,17,20)/t12-,13-/m1/s1. The van der Waals surface area contributed by atoms with E-state index in [1.807, 2.05) is 0 Å². The van der Waals surface area contributed by atoms with E-state index in [4.69, 9.17) is 0 Å². The van der Waals surface area contributed by atoms with Gasteiger partial charge in [-0.3, -0.25) is 9.69 Å². The van der Waals surface area contributed by atoms with Crippen LogP contribution in [-0.4, -0.2) is 51.1 Å². The highest BCUT2D eigenvalue weighted by atomic mass is 32.1. The van der Waals surface area contributed by atoms with E-state index >= 15 is 0 Å². The zero-order valence-electron chi connectivity index (χ0n) is 11.7. The van der Waals surface area contributed by atoms with E-state index < -0.39 is 6.10 Å². The summed E-state index contributed by atoms with van der Waals surface area (Å²) in [5.74, 6) is -0.231. The van der Waals surface area contributed by atoms with E-state index in [0.29, 0.717) is 18.8 Å². The molecule has 0 unspecified atom stereocenters. The molecule has 7 heteroatoms. The van der Waals surface area contributed by atoms with Crippen LogP contribution < -0.4 is 5.32 Å². The lowest BCUT2D eigenvalue weighted by molar-refractivity contribution is 0.0884. The van der Waals surface area contributed by atoms with Crippen LogP contribution in [0.4, 0.5) is 0 Å². The summed E-state index contributed by atoms with van der Waals surface area (Å²) in [6.07, 6.45) is 2.40. The average Bonchev–Trinajstić information content (AvgIpc) is 3.14. The molecule has 2 aromatic heterocycles. The number of nitrogens with one attached hydrogen (secondary N) is 2. The van der Waals surface area contributed by atoms with Crippen LogP contribution in [0.15, 0.2) is 24.7 Å². The Labute approximate surface area is 126 Å². The predicted molar refractivity (Wildman–Crippen MR) is 80.2 cm³/mol. The Hall–Kier alpha value is -1.70. The van der Waals surface area contributed by atoms with Crippen molar-refractivity contribution < 1.29 is 9.90 Å². The molecule has 6 nitrogen and oxygen atoms in total. The number of hydrogen-bond acceptors (Lipinski definition) is 5. The molecule has 21 heavy (non-hydrogen) atoms. The highest BCUT2D eigenvalue weighted by Crippen LogP contribution is 2.20. The highest BCUT2D eigenvalue weighted by molar-refractivity contribution is 7.11. The number of aryl methyl sites for hydroxylation is 1. The molecule has 0 spiro atoms. The number of aliphatic hydroxyl groups is 1. The minimum Gasteiger partial charge on any atom is -0.390 e. The Kier molecular flexibility index (Phi) is 4.05. The van der Waals surface area contributed by atoms with E-state index in [1.54, 1.807) is 11.3 Å². The van der Waals surface area contributed by atoms with Crippen molar-refractivity contribution in [2.24, 2.45) is 0 Å². The largest absolute Gasteiger partial charge is 0.390 e. The lowest BCUT2D eigenvalue weighted by Crippen LogP contribution is -2.42. The summed E-state index contributed by atoms with van der Waals surface area (Å²) >= 11 is 1.77. The SMILES string of the molecule is Cc1ccc(CN2C[C@@H](O)[C@H](NC(=O)c3cnc[nH]3)C2)s1. The molecular formula is C14H18N4O2S. The molecule has 0 aliphatic carbocycles. The van der Waals surface area contributed by atoms with Crippen LogP contribution in [0.1, 0.15) is 20.2 Å². The minimum absolute atomic E-state index is 0.231. The number of carbonyl (C=O) groups is 1. The van der Waals surface area contributed by atoms with Crippen LogP contribution in [0.3, 0.4) is 0 Å². The number of aliphatic hydroxyl groups excluding tert-OH is 1. The summed E-state index contributed by atoms with van der Waals surface area (Å²) in [5, 5.41) is 13.0. The summed E-state index contributed by atoms with van der Waals surface area (Å²) < 4.78 is 0. The molecule has 1 amide bonds. The van der Waals surface area contributed by atoms with Gasteiger partial charge in [0.15, 0.2) is 0 Å². The quantitative estimate of drug-likeness (QED) is 0.779. The minimum atomic E-state index is -0.544. The monoisotopic (exact) mass is 306 g/mol. The number of aromatic nitrogens is 2. The van der Waals surface area contributed by atoms with Gasteiger partial charge in [0.1, 0.15) is 5.69 Å². The highest BCUT2D eigenvalue weighted by Gasteiger charge is 2.32. The summed E-state index contributed by atoms with van der Waals surface area (Å²) in [4.78, 5) is 23.3. The molecular weight excluding hydrogens is 288 g/mol. The second-order valence-corrected chi connectivity index (χ2v) is 6.69. The van der Waals surface area contributed by atoms with Crippen molar-refractivity contribution in [2.75, 3.05) is 13.1 Å². The van der Waals surface area contributed by atoms with E-state index in [2.05, 4.69) is 39.2 Å². The Bertz CT molecular complexity index is 610. The van der Waals surface area contributed by atoms with Crippen LogP contribution in [0.2, 0.25) is 0 Å². The fraction of sp³-hybridized carbons (Fsp3) is 0.429. The third kappa shape index (κ3) is 3.31. The zero-order valence-corrected chi connectivity index (χ0v) is 12.6. The second kappa shape index (κ2) is 5.97. The number of H-pyrrole nitrogens is 1. The molecule has 0 bridgehead atoms. The van der Waals surface area contributed by atoms with Gasteiger partial charge in [0, 0.05) is 29.4 Å². The van der Waals surface area contributed by atoms with Gasteiger partial charge < -0.3 is 15.4 Å². The summed E-state index contributed by atoms with van der Waals surface area (Å²) in [5.41, 5.74) is 0.412. The Morgan fingerprint density at radius 1 is 1.57 bits per heavy atom. The molecule has 1 saturated heterocycles. The summed E-state index contributed by atoms with van der Waals surface area (Å²) in [7, 11) is 0. The fourth-order valence-electron chi connectivity index (χ4n) is 2.55. The van der Waals surface area contributed by atoms with Gasteiger partial charge in [-0.1, -0.05) is 0 Å². The Morgan fingerprint density at radius 3 is 3.10 bits per heavy atom. The van der Waals surface area contributed by atoms with Gasteiger partial charge in [-0.15, -0.1) is 11.3 Å². The van der Waals surface area contributed by atoms with Crippen molar-refractivity contribution in [3.05, 3.63) is 40.1 Å². The lowest BCUT2D eigenvalue weighted by atomic mass is 10.2. The van der Waals surface area contributed by atoms with Gasteiger partial charge >= 0.3 is 0 Å². The molecule has 3 heterocycles. The maximum absolute atomic E-state index is 12.0. The van der Waals surface area contributed by atoms with Crippen LogP contribution in [0.25, 0.3) is 0 Å². The number of β-amino-alcohol motifs (C(OH)–C–C–N with tert-alkyl or cyclic N) is 1. The first-order valence-electron chi connectivity index (χ1n) is 6.87. The number of carbonyl (C=O) groups excluding carboxylic acids is 1. The van der Waals surface area contributed by atoms with Gasteiger partial charge in [0.25, 0.3) is 5.91 Å². The second-order valence-electron chi connectivity index (χ2n) is 5.32. The first-order valence-corrected chi connectivity index (χ1v) is 7.68. The van der Waals surface area contributed by atoms with E-state index in [1.165, 1.54) is 22.3 Å². The first-order chi connectivity index (χ1) is 10.1. The van der Waals surface area contributed by atoms with Crippen molar-refractivity contribution in [3.63, 3.8) is 0 Å². The van der Waals surface area contributed by atoms with Crippen LogP contribution in [-0.2, 0) is 6.54 Å². The smallest absolute Gasteiger partial charge is 0.269 e. The Balaban J connectivity index is 1.57. The molecule has 2 atom stereocenters. The number of hydrogen-bond donors (Lipinski definition) is 3. The van der Waals surface area contributed by atoms with E-state index in [9.17, 15) is 9.90 Å². The van der Waals surface area contributed by atoms with Gasteiger partial charge in [0.05, 0.1) is 24.7 Å². The van der Waals surface area contributed by atoms with E-state index in [0.717, 1.165) is 6.54 Å². The van der Waals surface area contributed by atoms with Gasteiger partial charge in [0.2, 0.25) is 0 Å². The summed E-state index contributed by atoms with van der Waals surface area (Å²) in [6.45, 7) is 4.12. The molecule has 1 fully saturated rings. The van der Waals surface area contributed by atoms with Crippen LogP contribution in [0.5, 0.6) is 0 Å². The van der Waals surface area contributed by atoms with Crippen molar-refractivity contribution in [3.8, 4) is 0 Å². The predicted octanol–water partition coefficient (Wildman–Crippen LogP) is 0.755. The summed E-state index contributed by atoms with van der Waals surface area (Å²) in [6, 6.07) is 3.97. The normalized spacial score (nSPS) is 22.6. The van der Waals surface area contributed by atoms with Gasteiger partial charge in [-0.25, -0.2) is 4.98 Å². The third-order valence-electron chi connectivity index (χ3n) is 3.60. The topological polar surface area (TPSA) is 81.2 Å². The fourth-order valence-corrected chi connectivity index (χ4v) is 3.49. The van der Waals surface area contributed by atoms with Crippen molar-refractivity contribution in [1.82, 2.24) is 20.2 Å². The lowest BCUT2D eigenvalue weighted by Gasteiger charge is -2.15. The molecule has 0 radical (unpaired) electrons. The zero-order chi connectivity index (χ0) is 14.8. The maximum atomic E-state index is 12.0. The number of aromatic amines is 1. The van der Waals surface area contributed by atoms with E-state index in [-0.39, 0.29) is 11.9 Å². The third-order valence-corrected chi connectivity index (χ3v) is 4.58. The van der Waals surface area contributed by atoms with Crippen molar-refractivity contribution in [2.45, 2.75) is 25.6 Å².